The van der Waals surface area contributed by atoms with E-state index in [0.29, 0.717) is 29.3 Å². The molecule has 0 bridgehead atoms. The van der Waals surface area contributed by atoms with Crippen LogP contribution in [0.2, 0.25) is 0 Å². The number of carbonyl (C=O) groups is 1. The van der Waals surface area contributed by atoms with Crippen LogP contribution in [-0.4, -0.2) is 35.6 Å². The summed E-state index contributed by atoms with van der Waals surface area (Å²) in [5.74, 6) is 0.166. The monoisotopic (exact) mass is 397 g/mol. The summed E-state index contributed by atoms with van der Waals surface area (Å²) in [7, 11) is 0. The van der Waals surface area contributed by atoms with E-state index in [4.69, 9.17) is 9.72 Å². The van der Waals surface area contributed by atoms with Gasteiger partial charge in [0.1, 0.15) is 4.70 Å². The second-order valence-electron chi connectivity index (χ2n) is 7.12. The van der Waals surface area contributed by atoms with Crippen LogP contribution in [-0.2, 0) is 9.53 Å². The molecule has 146 valence electrons. The lowest BCUT2D eigenvalue weighted by molar-refractivity contribution is -0.148. The van der Waals surface area contributed by atoms with Gasteiger partial charge in [-0.2, -0.15) is 0 Å². The molecule has 0 radical (unpaired) electrons. The molecule has 1 N–H and O–H groups in total. The van der Waals surface area contributed by atoms with Crippen molar-refractivity contribution in [3.05, 3.63) is 45.6 Å². The standard InChI is InChI=1S/C21H23N3O3S/c1-3-27-20(26)15-8-5-9-24(11-15)21-22-17-16(12-28-18(17)19(25)23-21)14-7-4-6-13(2)10-14/h4,6-7,10,12,15H,3,5,8-9,11H2,1-2H3,(H,22,23,25)/t15-/m0/s1. The van der Waals surface area contributed by atoms with Crippen LogP contribution in [0.25, 0.3) is 21.3 Å². The van der Waals surface area contributed by atoms with Gasteiger partial charge >= 0.3 is 5.97 Å². The van der Waals surface area contributed by atoms with E-state index in [0.717, 1.165) is 36.1 Å². The first-order valence-electron chi connectivity index (χ1n) is 9.57. The van der Waals surface area contributed by atoms with E-state index in [2.05, 4.69) is 11.1 Å². The molecule has 1 fully saturated rings. The molecule has 0 aliphatic carbocycles. The highest BCUT2D eigenvalue weighted by molar-refractivity contribution is 7.17. The molecule has 1 aromatic carbocycles. The SMILES string of the molecule is CCOC(=O)[C@H]1CCCN(c2nc3c(-c4cccc(C)c4)csc3c(=O)[nH]2)C1. The van der Waals surface area contributed by atoms with Crippen molar-refractivity contribution in [2.75, 3.05) is 24.6 Å². The summed E-state index contributed by atoms with van der Waals surface area (Å²) in [6, 6.07) is 8.19. The molecule has 1 saturated heterocycles. The van der Waals surface area contributed by atoms with Crippen molar-refractivity contribution in [1.82, 2.24) is 9.97 Å². The van der Waals surface area contributed by atoms with Crippen LogP contribution >= 0.6 is 11.3 Å². The Morgan fingerprint density at radius 2 is 2.29 bits per heavy atom. The predicted molar refractivity (Wildman–Crippen MR) is 112 cm³/mol. The van der Waals surface area contributed by atoms with E-state index in [9.17, 15) is 9.59 Å². The number of hydrogen-bond acceptors (Lipinski definition) is 6. The topological polar surface area (TPSA) is 75.3 Å². The second kappa shape index (κ2) is 7.75. The fourth-order valence-corrected chi connectivity index (χ4v) is 4.61. The molecule has 28 heavy (non-hydrogen) atoms. The van der Waals surface area contributed by atoms with Crippen LogP contribution < -0.4 is 10.5 Å². The largest absolute Gasteiger partial charge is 0.466 e. The van der Waals surface area contributed by atoms with Gasteiger partial charge in [0.2, 0.25) is 5.95 Å². The van der Waals surface area contributed by atoms with Crippen LogP contribution in [0.5, 0.6) is 0 Å². The maximum absolute atomic E-state index is 12.7. The maximum atomic E-state index is 12.7. The molecule has 3 heterocycles. The fraction of sp³-hybridized carbons (Fsp3) is 0.381. The van der Waals surface area contributed by atoms with Crippen LogP contribution in [0.1, 0.15) is 25.3 Å². The first kappa shape index (κ1) is 18.7. The number of rotatable bonds is 4. The van der Waals surface area contributed by atoms with Gasteiger partial charge in [0.05, 0.1) is 18.0 Å². The first-order valence-corrected chi connectivity index (χ1v) is 10.4. The zero-order chi connectivity index (χ0) is 19.7. The Morgan fingerprint density at radius 3 is 3.07 bits per heavy atom. The predicted octanol–water partition coefficient (Wildman–Crippen LogP) is 3.74. The summed E-state index contributed by atoms with van der Waals surface area (Å²) in [6.07, 6.45) is 1.66. The lowest BCUT2D eigenvalue weighted by Gasteiger charge is -2.31. The third-order valence-electron chi connectivity index (χ3n) is 5.08. The van der Waals surface area contributed by atoms with E-state index in [1.807, 2.05) is 42.3 Å². The number of piperidine rings is 1. The number of esters is 1. The lowest BCUT2D eigenvalue weighted by Crippen LogP contribution is -2.40. The number of ether oxygens (including phenoxy) is 1. The highest BCUT2D eigenvalue weighted by Crippen LogP contribution is 2.32. The number of hydrogen-bond donors (Lipinski definition) is 1. The molecule has 2 aromatic heterocycles. The normalized spacial score (nSPS) is 17.1. The van der Waals surface area contributed by atoms with Crippen molar-refractivity contribution in [2.45, 2.75) is 26.7 Å². The number of nitrogens with zero attached hydrogens (tertiary/aromatic N) is 2. The summed E-state index contributed by atoms with van der Waals surface area (Å²) >= 11 is 1.41. The number of thiophene rings is 1. The Labute approximate surface area is 167 Å². The van der Waals surface area contributed by atoms with Crippen molar-refractivity contribution in [3.63, 3.8) is 0 Å². The number of nitrogens with one attached hydrogen (secondary N) is 1. The number of benzene rings is 1. The fourth-order valence-electron chi connectivity index (χ4n) is 3.71. The Bertz CT molecular complexity index is 1070. The molecule has 0 unspecified atom stereocenters. The molecule has 1 aliphatic heterocycles. The van der Waals surface area contributed by atoms with E-state index >= 15 is 0 Å². The van der Waals surface area contributed by atoms with Gasteiger partial charge < -0.3 is 9.64 Å². The van der Waals surface area contributed by atoms with Crippen LogP contribution in [0, 0.1) is 12.8 Å². The molecule has 0 spiro atoms. The third kappa shape index (κ3) is 3.54. The van der Waals surface area contributed by atoms with Crippen molar-refractivity contribution < 1.29 is 9.53 Å². The van der Waals surface area contributed by atoms with E-state index < -0.39 is 0 Å². The maximum Gasteiger partial charge on any atom is 0.310 e. The van der Waals surface area contributed by atoms with Crippen molar-refractivity contribution in [1.29, 1.82) is 0 Å². The molecule has 0 amide bonds. The number of aromatic amines is 1. The molecule has 0 saturated carbocycles. The van der Waals surface area contributed by atoms with Crippen molar-refractivity contribution in [3.8, 4) is 11.1 Å². The van der Waals surface area contributed by atoms with Gasteiger partial charge in [-0.25, -0.2) is 4.98 Å². The number of anilines is 1. The Kier molecular flexibility index (Phi) is 5.17. The Morgan fingerprint density at radius 1 is 1.43 bits per heavy atom. The summed E-state index contributed by atoms with van der Waals surface area (Å²) in [6.45, 7) is 5.51. The van der Waals surface area contributed by atoms with Crippen LogP contribution in [0.4, 0.5) is 5.95 Å². The zero-order valence-corrected chi connectivity index (χ0v) is 16.8. The summed E-state index contributed by atoms with van der Waals surface area (Å²) in [4.78, 5) is 34.5. The van der Waals surface area contributed by atoms with Gasteiger partial charge in [-0.15, -0.1) is 11.3 Å². The van der Waals surface area contributed by atoms with Crippen molar-refractivity contribution in [2.24, 2.45) is 5.92 Å². The Balaban J connectivity index is 1.71. The minimum absolute atomic E-state index is 0.137. The van der Waals surface area contributed by atoms with E-state index in [1.165, 1.54) is 11.3 Å². The quantitative estimate of drug-likeness (QED) is 0.679. The highest BCUT2D eigenvalue weighted by Gasteiger charge is 2.28. The van der Waals surface area contributed by atoms with Gasteiger partial charge in [-0.1, -0.05) is 29.8 Å². The van der Waals surface area contributed by atoms with Gasteiger partial charge in [0.25, 0.3) is 5.56 Å². The van der Waals surface area contributed by atoms with Gasteiger partial charge in [-0.3, -0.25) is 14.6 Å². The zero-order valence-electron chi connectivity index (χ0n) is 16.0. The minimum Gasteiger partial charge on any atom is -0.466 e. The average molecular weight is 398 g/mol. The van der Waals surface area contributed by atoms with Gasteiger partial charge in [-0.05, 0) is 32.3 Å². The molecule has 6 nitrogen and oxygen atoms in total. The number of aromatic nitrogens is 2. The Hall–Kier alpha value is -2.67. The molecular formula is C21H23N3O3S. The van der Waals surface area contributed by atoms with Crippen LogP contribution in [0.3, 0.4) is 0 Å². The van der Waals surface area contributed by atoms with Crippen molar-refractivity contribution >= 4 is 33.5 Å². The number of carbonyl (C=O) groups excluding carboxylic acids is 1. The second-order valence-corrected chi connectivity index (χ2v) is 8.00. The van der Waals surface area contributed by atoms with Gasteiger partial charge in [0.15, 0.2) is 0 Å². The summed E-state index contributed by atoms with van der Waals surface area (Å²) < 4.78 is 5.80. The van der Waals surface area contributed by atoms with E-state index in [-0.39, 0.29) is 17.4 Å². The molecule has 1 atom stereocenters. The van der Waals surface area contributed by atoms with Crippen LogP contribution in [0.15, 0.2) is 34.4 Å². The highest BCUT2D eigenvalue weighted by atomic mass is 32.1. The minimum atomic E-state index is -0.187. The number of aryl methyl sites for hydroxylation is 1. The smallest absolute Gasteiger partial charge is 0.310 e. The average Bonchev–Trinajstić information content (AvgIpc) is 3.13. The van der Waals surface area contributed by atoms with E-state index in [1.54, 1.807) is 0 Å². The molecule has 1 aliphatic rings. The third-order valence-corrected chi connectivity index (χ3v) is 6.05. The molecule has 7 heteroatoms. The summed E-state index contributed by atoms with van der Waals surface area (Å²) in [5, 5.41) is 1.99. The number of fused-ring (bicyclic) bond motifs is 1. The molecular weight excluding hydrogens is 374 g/mol. The summed E-state index contributed by atoms with van der Waals surface area (Å²) in [5.41, 5.74) is 3.76. The van der Waals surface area contributed by atoms with Gasteiger partial charge in [0, 0.05) is 24.0 Å². The molecule has 3 aromatic rings. The molecule has 4 rings (SSSR count). The lowest BCUT2D eigenvalue weighted by atomic mass is 9.98. The first-order chi connectivity index (χ1) is 13.6. The number of H-pyrrole nitrogens is 1.